The Labute approximate surface area is 126 Å². The molecule has 1 atom stereocenters. The van der Waals surface area contributed by atoms with E-state index in [9.17, 15) is 0 Å². The summed E-state index contributed by atoms with van der Waals surface area (Å²) in [6, 6.07) is 4.42. The van der Waals surface area contributed by atoms with Gasteiger partial charge in [0.05, 0.1) is 0 Å². The average Bonchev–Trinajstić information content (AvgIpc) is 2.83. The molecular formula is C16H25N5. The zero-order chi connectivity index (χ0) is 15.4. The van der Waals surface area contributed by atoms with Crippen molar-refractivity contribution in [3.63, 3.8) is 0 Å². The van der Waals surface area contributed by atoms with Gasteiger partial charge in [-0.2, -0.15) is 5.10 Å². The van der Waals surface area contributed by atoms with Gasteiger partial charge in [-0.1, -0.05) is 19.9 Å². The average molecular weight is 287 g/mol. The van der Waals surface area contributed by atoms with E-state index in [2.05, 4.69) is 53.3 Å². The van der Waals surface area contributed by atoms with Gasteiger partial charge in [-0.3, -0.25) is 4.98 Å². The summed E-state index contributed by atoms with van der Waals surface area (Å²) in [5.74, 6) is 1.57. The number of likely N-dealkylation sites (N-methyl/N-ethyl adjacent to an activating group) is 1. The predicted octanol–water partition coefficient (Wildman–Crippen LogP) is 2.45. The first-order valence-electron chi connectivity index (χ1n) is 7.49. The van der Waals surface area contributed by atoms with E-state index in [0.717, 1.165) is 30.2 Å². The molecule has 1 N–H and O–H groups in total. The number of rotatable bonds is 6. The van der Waals surface area contributed by atoms with E-state index in [1.165, 1.54) is 5.56 Å². The van der Waals surface area contributed by atoms with Crippen LogP contribution in [0.25, 0.3) is 0 Å². The first kappa shape index (κ1) is 15.6. The molecule has 5 nitrogen and oxygen atoms in total. The highest BCUT2D eigenvalue weighted by atomic mass is 15.3. The van der Waals surface area contributed by atoms with Crippen LogP contribution in [0.1, 0.15) is 42.7 Å². The number of hydrogen-bond acceptors (Lipinski definition) is 4. The van der Waals surface area contributed by atoms with Crippen LogP contribution in [0.4, 0.5) is 0 Å². The highest BCUT2D eigenvalue weighted by molar-refractivity contribution is 5.26. The molecule has 0 bridgehead atoms. The number of pyridine rings is 1. The van der Waals surface area contributed by atoms with Gasteiger partial charge in [0, 0.05) is 30.4 Å². The molecule has 0 saturated carbocycles. The lowest BCUT2D eigenvalue weighted by Crippen LogP contribution is -2.23. The summed E-state index contributed by atoms with van der Waals surface area (Å²) in [4.78, 5) is 8.98. The third-order valence-electron chi connectivity index (χ3n) is 3.61. The zero-order valence-corrected chi connectivity index (χ0v) is 13.6. The number of nitrogens with zero attached hydrogens (tertiary/aromatic N) is 4. The molecule has 21 heavy (non-hydrogen) atoms. The summed E-state index contributed by atoms with van der Waals surface area (Å²) >= 11 is 0. The lowest BCUT2D eigenvalue weighted by molar-refractivity contribution is 0.451. The Morgan fingerprint density at radius 2 is 2.00 bits per heavy atom. The Morgan fingerprint density at radius 1 is 1.24 bits per heavy atom. The summed E-state index contributed by atoms with van der Waals surface area (Å²) < 4.78 is 2.01. The maximum Gasteiger partial charge on any atom is 0.138 e. The number of aromatic nitrogens is 4. The SMILES string of the molecule is CNC(Cc1ncnn1CC(C)C)c1ccc(C)nc1C. The number of nitrogens with one attached hydrogen (secondary N) is 1. The van der Waals surface area contributed by atoms with Gasteiger partial charge in [0.15, 0.2) is 0 Å². The van der Waals surface area contributed by atoms with E-state index >= 15 is 0 Å². The third kappa shape index (κ3) is 3.88. The van der Waals surface area contributed by atoms with Gasteiger partial charge < -0.3 is 5.32 Å². The molecule has 0 aliphatic carbocycles. The van der Waals surface area contributed by atoms with E-state index in [4.69, 9.17) is 0 Å². The monoisotopic (exact) mass is 287 g/mol. The number of hydrogen-bond donors (Lipinski definition) is 1. The normalized spacial score (nSPS) is 12.9. The molecule has 0 aliphatic heterocycles. The lowest BCUT2D eigenvalue weighted by atomic mass is 10.0. The van der Waals surface area contributed by atoms with Gasteiger partial charge in [-0.25, -0.2) is 9.67 Å². The second-order valence-corrected chi connectivity index (χ2v) is 5.92. The first-order chi connectivity index (χ1) is 10.0. The van der Waals surface area contributed by atoms with Crippen molar-refractivity contribution >= 4 is 0 Å². The third-order valence-corrected chi connectivity index (χ3v) is 3.61. The minimum absolute atomic E-state index is 0.202. The van der Waals surface area contributed by atoms with Gasteiger partial charge in [-0.15, -0.1) is 0 Å². The molecule has 0 fully saturated rings. The van der Waals surface area contributed by atoms with Crippen molar-refractivity contribution < 1.29 is 0 Å². The van der Waals surface area contributed by atoms with Crippen LogP contribution in [0.2, 0.25) is 0 Å². The molecule has 0 amide bonds. The highest BCUT2D eigenvalue weighted by Gasteiger charge is 2.17. The van der Waals surface area contributed by atoms with Crippen molar-refractivity contribution in [2.45, 2.75) is 46.7 Å². The Morgan fingerprint density at radius 3 is 2.62 bits per heavy atom. The smallest absolute Gasteiger partial charge is 0.138 e. The molecule has 0 aromatic carbocycles. The summed E-state index contributed by atoms with van der Waals surface area (Å²) in [7, 11) is 1.98. The molecule has 2 aromatic heterocycles. The zero-order valence-electron chi connectivity index (χ0n) is 13.6. The topological polar surface area (TPSA) is 55.6 Å². The Hall–Kier alpha value is -1.75. The summed E-state index contributed by atoms with van der Waals surface area (Å²) in [5.41, 5.74) is 3.35. The van der Waals surface area contributed by atoms with Crippen LogP contribution < -0.4 is 5.32 Å². The van der Waals surface area contributed by atoms with E-state index in [-0.39, 0.29) is 6.04 Å². The van der Waals surface area contributed by atoms with Gasteiger partial charge in [-0.05, 0) is 38.4 Å². The fourth-order valence-corrected chi connectivity index (χ4v) is 2.56. The van der Waals surface area contributed by atoms with Gasteiger partial charge in [0.1, 0.15) is 12.2 Å². The molecule has 0 aliphatic rings. The standard InChI is InChI=1S/C16H25N5/c1-11(2)9-21-16(18-10-19-21)8-15(17-5)14-7-6-12(3)20-13(14)4/h6-7,10-11,15,17H,8-9H2,1-5H3. The lowest BCUT2D eigenvalue weighted by Gasteiger charge is -2.19. The van der Waals surface area contributed by atoms with E-state index in [1.54, 1.807) is 6.33 Å². The Kier molecular flexibility index (Phi) is 5.07. The fraction of sp³-hybridized carbons (Fsp3) is 0.562. The molecular weight excluding hydrogens is 262 g/mol. The summed E-state index contributed by atoms with van der Waals surface area (Å²) in [5, 5.41) is 7.71. The highest BCUT2D eigenvalue weighted by Crippen LogP contribution is 2.20. The van der Waals surface area contributed by atoms with Crippen molar-refractivity contribution in [2.75, 3.05) is 7.05 Å². The van der Waals surface area contributed by atoms with E-state index < -0.39 is 0 Å². The van der Waals surface area contributed by atoms with E-state index in [1.807, 2.05) is 18.7 Å². The van der Waals surface area contributed by atoms with E-state index in [0.29, 0.717) is 5.92 Å². The van der Waals surface area contributed by atoms with Crippen LogP contribution >= 0.6 is 0 Å². The van der Waals surface area contributed by atoms with Crippen LogP contribution in [0.5, 0.6) is 0 Å². The van der Waals surface area contributed by atoms with Crippen LogP contribution in [0.15, 0.2) is 18.5 Å². The summed E-state index contributed by atoms with van der Waals surface area (Å²) in [6.07, 6.45) is 2.46. The quantitative estimate of drug-likeness (QED) is 0.886. The molecule has 0 radical (unpaired) electrons. The molecule has 0 spiro atoms. The molecule has 1 unspecified atom stereocenters. The molecule has 114 valence electrons. The van der Waals surface area contributed by atoms with Crippen molar-refractivity contribution in [3.8, 4) is 0 Å². The predicted molar refractivity (Wildman–Crippen MR) is 84.1 cm³/mol. The van der Waals surface area contributed by atoms with Gasteiger partial charge >= 0.3 is 0 Å². The van der Waals surface area contributed by atoms with Crippen molar-refractivity contribution in [1.29, 1.82) is 0 Å². The molecule has 2 aromatic rings. The molecule has 5 heteroatoms. The molecule has 0 saturated heterocycles. The van der Waals surface area contributed by atoms with Gasteiger partial charge in [0.25, 0.3) is 0 Å². The Balaban J connectivity index is 2.21. The van der Waals surface area contributed by atoms with Gasteiger partial charge in [0.2, 0.25) is 0 Å². The maximum absolute atomic E-state index is 4.56. The van der Waals surface area contributed by atoms with Crippen LogP contribution in [0, 0.1) is 19.8 Å². The fourth-order valence-electron chi connectivity index (χ4n) is 2.56. The van der Waals surface area contributed by atoms with Crippen LogP contribution in [0.3, 0.4) is 0 Å². The minimum atomic E-state index is 0.202. The molecule has 2 rings (SSSR count). The van der Waals surface area contributed by atoms with Crippen molar-refractivity contribution in [3.05, 3.63) is 41.2 Å². The number of aryl methyl sites for hydroxylation is 2. The molecule has 2 heterocycles. The second-order valence-electron chi connectivity index (χ2n) is 5.92. The first-order valence-corrected chi connectivity index (χ1v) is 7.49. The van der Waals surface area contributed by atoms with Crippen molar-refractivity contribution in [2.24, 2.45) is 5.92 Å². The van der Waals surface area contributed by atoms with Crippen LogP contribution in [-0.4, -0.2) is 26.8 Å². The Bertz CT molecular complexity index is 588. The minimum Gasteiger partial charge on any atom is -0.313 e. The van der Waals surface area contributed by atoms with Crippen LogP contribution in [-0.2, 0) is 13.0 Å². The summed E-state index contributed by atoms with van der Waals surface area (Å²) in [6.45, 7) is 9.36. The largest absolute Gasteiger partial charge is 0.313 e. The van der Waals surface area contributed by atoms with Crippen molar-refractivity contribution in [1.82, 2.24) is 25.1 Å². The maximum atomic E-state index is 4.56. The second kappa shape index (κ2) is 6.80.